The molecule has 174 valence electrons. The summed E-state index contributed by atoms with van der Waals surface area (Å²) < 4.78 is 11.6. The van der Waals surface area contributed by atoms with Gasteiger partial charge in [-0.25, -0.2) is 0 Å². The number of hydrogen-bond acceptors (Lipinski definition) is 5. The fourth-order valence-corrected chi connectivity index (χ4v) is 4.20. The Balaban J connectivity index is 1.74. The van der Waals surface area contributed by atoms with Crippen LogP contribution < -0.4 is 4.74 Å². The molecule has 1 aliphatic rings. The number of H-pyrrole nitrogens is 1. The minimum absolute atomic E-state index is 0.103. The Hall–Kier alpha value is -3.32. The fraction of sp³-hybridized carbons (Fsp3) is 0.385. The molecule has 2 N–H and O–H groups in total. The van der Waals surface area contributed by atoms with Gasteiger partial charge in [-0.2, -0.15) is 5.10 Å². The Morgan fingerprint density at radius 3 is 2.73 bits per heavy atom. The van der Waals surface area contributed by atoms with Gasteiger partial charge in [-0.05, 0) is 56.5 Å². The van der Waals surface area contributed by atoms with E-state index in [4.69, 9.17) is 9.47 Å². The lowest BCUT2D eigenvalue weighted by Crippen LogP contribution is -2.31. The van der Waals surface area contributed by atoms with Crippen LogP contribution in [0.3, 0.4) is 0 Å². The van der Waals surface area contributed by atoms with E-state index >= 15 is 0 Å². The summed E-state index contributed by atoms with van der Waals surface area (Å²) in [6, 6.07) is 14.6. The van der Waals surface area contributed by atoms with Gasteiger partial charge in [0.25, 0.3) is 5.91 Å². The van der Waals surface area contributed by atoms with Crippen LogP contribution in [0.2, 0.25) is 0 Å². The highest BCUT2D eigenvalue weighted by molar-refractivity contribution is 6.00. The van der Waals surface area contributed by atoms with Gasteiger partial charge >= 0.3 is 0 Å². The predicted octanol–water partition coefficient (Wildman–Crippen LogP) is 4.93. The molecule has 0 saturated heterocycles. The van der Waals surface area contributed by atoms with Gasteiger partial charge in [0, 0.05) is 24.3 Å². The van der Waals surface area contributed by atoms with E-state index in [1.54, 1.807) is 12.1 Å². The lowest BCUT2D eigenvalue weighted by Gasteiger charge is -2.27. The molecule has 1 amide bonds. The van der Waals surface area contributed by atoms with E-state index in [9.17, 15) is 9.90 Å². The molecule has 7 nitrogen and oxygen atoms in total. The van der Waals surface area contributed by atoms with E-state index in [0.717, 1.165) is 29.7 Å². The third-order valence-corrected chi connectivity index (χ3v) is 5.66. The second kappa shape index (κ2) is 10.1. The van der Waals surface area contributed by atoms with Gasteiger partial charge in [0.05, 0.1) is 18.8 Å². The maximum Gasteiger partial charge on any atom is 0.273 e. The van der Waals surface area contributed by atoms with E-state index < -0.39 is 0 Å². The molecule has 0 spiro atoms. The monoisotopic (exact) mass is 449 g/mol. The molecule has 0 fully saturated rings. The van der Waals surface area contributed by atoms with Gasteiger partial charge in [0.1, 0.15) is 22.9 Å². The first kappa shape index (κ1) is 22.9. The number of rotatable bonds is 10. The van der Waals surface area contributed by atoms with Crippen LogP contribution in [0.5, 0.6) is 11.5 Å². The van der Waals surface area contributed by atoms with Crippen molar-refractivity contribution in [3.8, 4) is 22.8 Å². The number of aromatic hydroxyl groups is 1. The van der Waals surface area contributed by atoms with Crippen LogP contribution in [0, 0.1) is 0 Å². The summed E-state index contributed by atoms with van der Waals surface area (Å²) in [5.74, 6) is 0.793. The molecular formula is C26H31N3O4. The maximum atomic E-state index is 13.4. The third kappa shape index (κ3) is 4.73. The molecular weight excluding hydrogens is 418 g/mol. The van der Waals surface area contributed by atoms with Crippen molar-refractivity contribution < 1.29 is 19.4 Å². The van der Waals surface area contributed by atoms with Gasteiger partial charge in [-0.3, -0.25) is 9.89 Å². The molecule has 1 atom stereocenters. The van der Waals surface area contributed by atoms with Crippen LogP contribution in [0.1, 0.15) is 61.3 Å². The third-order valence-electron chi connectivity index (χ3n) is 5.66. The largest absolute Gasteiger partial charge is 0.507 e. The van der Waals surface area contributed by atoms with E-state index in [-0.39, 0.29) is 23.8 Å². The Morgan fingerprint density at radius 2 is 1.97 bits per heavy atom. The Morgan fingerprint density at radius 1 is 1.15 bits per heavy atom. The van der Waals surface area contributed by atoms with E-state index in [1.807, 2.05) is 55.1 Å². The number of nitrogens with zero attached hydrogens (tertiary/aromatic N) is 2. The number of carbonyl (C=O) groups excluding carboxylic acids is 1. The Bertz CT molecular complexity index is 1110. The first-order valence-corrected chi connectivity index (χ1v) is 11.5. The number of aromatic nitrogens is 2. The minimum atomic E-state index is -0.343. The number of hydrogen-bond donors (Lipinski definition) is 2. The highest BCUT2D eigenvalue weighted by atomic mass is 16.5. The first-order chi connectivity index (χ1) is 16.0. The molecule has 1 aromatic heterocycles. The zero-order chi connectivity index (χ0) is 23.4. The summed E-state index contributed by atoms with van der Waals surface area (Å²) in [5.41, 5.74) is 3.36. The Kier molecular flexibility index (Phi) is 6.99. The highest BCUT2D eigenvalue weighted by Gasteiger charge is 2.42. The van der Waals surface area contributed by atoms with Crippen molar-refractivity contribution in [1.82, 2.24) is 15.1 Å². The van der Waals surface area contributed by atoms with E-state index in [0.29, 0.717) is 36.7 Å². The maximum absolute atomic E-state index is 13.4. The van der Waals surface area contributed by atoms with Crippen molar-refractivity contribution in [3.63, 3.8) is 0 Å². The number of phenols is 1. The first-order valence-electron chi connectivity index (χ1n) is 11.5. The van der Waals surface area contributed by atoms with Crippen LogP contribution in [-0.2, 0) is 4.74 Å². The van der Waals surface area contributed by atoms with Crippen LogP contribution in [0.4, 0.5) is 0 Å². The van der Waals surface area contributed by atoms with Crippen LogP contribution in [0.25, 0.3) is 11.3 Å². The molecule has 4 rings (SSSR count). The van der Waals surface area contributed by atoms with E-state index in [2.05, 4.69) is 17.1 Å². The smallest absolute Gasteiger partial charge is 0.273 e. The summed E-state index contributed by atoms with van der Waals surface area (Å²) in [4.78, 5) is 15.3. The average molecular weight is 450 g/mol. The summed E-state index contributed by atoms with van der Waals surface area (Å²) in [7, 11) is 0. The Labute approximate surface area is 194 Å². The van der Waals surface area contributed by atoms with Crippen molar-refractivity contribution in [2.45, 2.75) is 45.8 Å². The standard InChI is InChI=1S/C26H31N3O4/c1-4-14-33-19-10-7-9-18(16-19)25-22-23(20-11-5-6-12-21(20)30)27-28-24(22)26(31)29(25)13-8-15-32-17(2)3/h5-7,9-12,16-17,25,30H,4,8,13-15H2,1-3H3,(H,27,28)/t25-/m1/s1. The number of carbonyl (C=O) groups is 1. The minimum Gasteiger partial charge on any atom is -0.507 e. The number of aromatic amines is 1. The number of nitrogens with one attached hydrogen (secondary N) is 1. The van der Waals surface area contributed by atoms with Gasteiger partial charge in [-0.1, -0.05) is 31.2 Å². The lowest BCUT2D eigenvalue weighted by molar-refractivity contribution is 0.0601. The zero-order valence-corrected chi connectivity index (χ0v) is 19.4. The molecule has 0 unspecified atom stereocenters. The second-order valence-electron chi connectivity index (χ2n) is 8.47. The average Bonchev–Trinajstić information content (AvgIpc) is 3.34. The second-order valence-corrected chi connectivity index (χ2v) is 8.47. The normalized spacial score (nSPS) is 15.3. The molecule has 0 aliphatic carbocycles. The molecule has 0 bridgehead atoms. The van der Waals surface area contributed by atoms with Gasteiger partial charge in [0.2, 0.25) is 0 Å². The SMILES string of the molecule is CCCOc1cccc([C@@H]2c3c(-c4ccccc4O)n[nH]c3C(=O)N2CCCOC(C)C)c1. The quantitative estimate of drug-likeness (QED) is 0.429. The lowest BCUT2D eigenvalue weighted by atomic mass is 9.95. The van der Waals surface area contributed by atoms with Crippen LogP contribution in [-0.4, -0.2) is 52.0 Å². The molecule has 1 aliphatic heterocycles. The summed E-state index contributed by atoms with van der Waals surface area (Å²) >= 11 is 0. The molecule has 33 heavy (non-hydrogen) atoms. The summed E-state index contributed by atoms with van der Waals surface area (Å²) in [5, 5.41) is 17.8. The number of benzene rings is 2. The number of fused-ring (bicyclic) bond motifs is 1. The van der Waals surface area contributed by atoms with Crippen LogP contribution >= 0.6 is 0 Å². The molecule has 0 saturated carbocycles. The predicted molar refractivity (Wildman–Crippen MR) is 127 cm³/mol. The summed E-state index contributed by atoms with van der Waals surface area (Å²) in [6.07, 6.45) is 1.78. The van der Waals surface area contributed by atoms with Crippen molar-refractivity contribution in [1.29, 1.82) is 0 Å². The van der Waals surface area contributed by atoms with E-state index in [1.165, 1.54) is 0 Å². The van der Waals surface area contributed by atoms with Gasteiger partial charge in [0.15, 0.2) is 0 Å². The summed E-state index contributed by atoms with van der Waals surface area (Å²) in [6.45, 7) is 7.81. The van der Waals surface area contributed by atoms with Gasteiger partial charge in [-0.15, -0.1) is 0 Å². The van der Waals surface area contributed by atoms with Crippen molar-refractivity contribution in [2.75, 3.05) is 19.8 Å². The number of phenolic OH excluding ortho intramolecular Hbond substituents is 1. The molecule has 7 heteroatoms. The van der Waals surface area contributed by atoms with Crippen LogP contribution in [0.15, 0.2) is 48.5 Å². The van der Waals surface area contributed by atoms with Gasteiger partial charge < -0.3 is 19.5 Å². The van der Waals surface area contributed by atoms with Crippen molar-refractivity contribution in [3.05, 3.63) is 65.4 Å². The number of ether oxygens (including phenoxy) is 2. The molecule has 2 aromatic carbocycles. The molecule has 2 heterocycles. The number of amides is 1. The van der Waals surface area contributed by atoms with Crippen molar-refractivity contribution in [2.24, 2.45) is 0 Å². The zero-order valence-electron chi connectivity index (χ0n) is 19.4. The molecule has 0 radical (unpaired) electrons. The molecule has 3 aromatic rings. The number of para-hydroxylation sites is 1. The van der Waals surface area contributed by atoms with Crippen molar-refractivity contribution >= 4 is 5.91 Å². The topological polar surface area (TPSA) is 87.7 Å². The highest BCUT2D eigenvalue weighted by Crippen LogP contribution is 2.44. The fourth-order valence-electron chi connectivity index (χ4n) is 4.20.